The van der Waals surface area contributed by atoms with Gasteiger partial charge < -0.3 is 0 Å². The molecule has 0 heterocycles. The Labute approximate surface area is 418 Å². The molecule has 21 heteroatoms. The molecule has 0 N–H and O–H groups in total. The molecule has 54 heavy (non-hydrogen) atoms. The van der Waals surface area contributed by atoms with Crippen LogP contribution in [0.2, 0.25) is 0 Å². The molecule has 0 radical (unpaired) electrons. The lowest BCUT2D eigenvalue weighted by atomic mass is 9.72. The summed E-state index contributed by atoms with van der Waals surface area (Å²) in [4.78, 5) is -10.3. The Balaban J connectivity index is 1.41. The van der Waals surface area contributed by atoms with Crippen LogP contribution in [0.5, 0.6) is 0 Å². The molecule has 6 aliphatic rings. The minimum atomic E-state index is -1.91. The molecule has 1 aromatic carbocycles. The predicted molar refractivity (Wildman–Crippen MR) is 242 cm³/mol. The fourth-order valence-electron chi connectivity index (χ4n) is 9.78. The summed E-state index contributed by atoms with van der Waals surface area (Å²) < 4.78 is -5.73. The van der Waals surface area contributed by atoms with Gasteiger partial charge in [-0.25, -0.2) is 0 Å². The molecule has 1 aromatic rings. The normalized spacial score (nSPS) is 48.4. The summed E-state index contributed by atoms with van der Waals surface area (Å²) in [5, 5.41) is -3.15. The monoisotopic (exact) mass is 1150 g/mol. The highest BCUT2D eigenvalue weighted by Crippen LogP contribution is 2.80. The average Bonchev–Trinajstić information content (AvgIpc) is 3.51. The van der Waals surface area contributed by atoms with E-state index in [9.17, 15) is 0 Å². The van der Waals surface area contributed by atoms with Crippen molar-refractivity contribution >= 4 is 244 Å². The molecular formula is C33H21Cl21. The number of hydrogen-bond acceptors (Lipinski definition) is 0. The predicted octanol–water partition coefficient (Wildman–Crippen LogP) is 17.2. The van der Waals surface area contributed by atoms with Crippen LogP contribution in [0.3, 0.4) is 0 Å². The Morgan fingerprint density at radius 1 is 0.352 bits per heavy atom. The van der Waals surface area contributed by atoms with E-state index < -0.39 is 93.9 Å². The van der Waals surface area contributed by atoms with Crippen molar-refractivity contribution in [1.82, 2.24) is 0 Å². The highest BCUT2D eigenvalue weighted by Gasteiger charge is 2.85. The molecule has 0 saturated heterocycles. The molecule has 3 fully saturated rings. The van der Waals surface area contributed by atoms with Crippen LogP contribution in [-0.2, 0) is 0 Å². The van der Waals surface area contributed by atoms with Gasteiger partial charge in [-0.15, -0.1) is 104 Å². The zero-order valence-electron chi connectivity index (χ0n) is 26.9. The third-order valence-corrected chi connectivity index (χ3v) is 27.9. The fourth-order valence-corrected chi connectivity index (χ4v) is 21.4. The fraction of sp³-hybridized carbons (Fsp3) is 0.636. The number of benzene rings is 1. The van der Waals surface area contributed by atoms with Crippen molar-refractivity contribution in [3.05, 3.63) is 65.1 Å². The Kier molecular flexibility index (Phi) is 11.9. The van der Waals surface area contributed by atoms with Gasteiger partial charge in [0.1, 0.15) is 29.2 Å². The second kappa shape index (κ2) is 13.8. The summed E-state index contributed by atoms with van der Waals surface area (Å²) in [7, 11) is 0. The molecule has 300 valence electrons. The Hall–Kier alpha value is 4.53. The lowest BCUT2D eigenvalue weighted by molar-refractivity contribution is 0.387. The zero-order chi connectivity index (χ0) is 41.0. The lowest BCUT2D eigenvalue weighted by Gasteiger charge is -2.41. The first-order valence-corrected chi connectivity index (χ1v) is 24.0. The van der Waals surface area contributed by atoms with E-state index in [1.807, 2.05) is 39.0 Å². The van der Waals surface area contributed by atoms with Gasteiger partial charge in [-0.3, -0.25) is 0 Å². The van der Waals surface area contributed by atoms with Crippen molar-refractivity contribution in [1.29, 1.82) is 0 Å². The summed E-state index contributed by atoms with van der Waals surface area (Å²) in [6.07, 6.45) is 0. The Bertz CT molecular complexity index is 1740. The van der Waals surface area contributed by atoms with Gasteiger partial charge in [0.25, 0.3) is 0 Å². The van der Waals surface area contributed by atoms with Crippen LogP contribution >= 0.6 is 244 Å². The number of fused-ring (bicyclic) bond motifs is 6. The maximum atomic E-state index is 7.32. The molecule has 15 unspecified atom stereocenters. The van der Waals surface area contributed by atoms with Crippen molar-refractivity contribution in [3.8, 4) is 0 Å². The van der Waals surface area contributed by atoms with Gasteiger partial charge in [-0.1, -0.05) is 178 Å². The summed E-state index contributed by atoms with van der Waals surface area (Å²) in [5.41, 5.74) is 2.03. The van der Waals surface area contributed by atoms with Crippen LogP contribution < -0.4 is 0 Å². The molecule has 6 bridgehead atoms. The van der Waals surface area contributed by atoms with Crippen LogP contribution in [0.25, 0.3) is 0 Å². The van der Waals surface area contributed by atoms with Crippen LogP contribution in [0.1, 0.15) is 55.2 Å². The average molecular weight is 1160 g/mol. The first-order valence-electron chi connectivity index (χ1n) is 15.9. The van der Waals surface area contributed by atoms with Crippen LogP contribution in [0.4, 0.5) is 0 Å². The van der Waals surface area contributed by atoms with Crippen molar-refractivity contribution in [2.45, 2.75) is 96.9 Å². The molecular weight excluding hydrogens is 1140 g/mol. The van der Waals surface area contributed by atoms with Gasteiger partial charge >= 0.3 is 0 Å². The first kappa shape index (κ1) is 46.5. The Morgan fingerprint density at radius 3 is 0.685 bits per heavy atom. The summed E-state index contributed by atoms with van der Waals surface area (Å²) >= 11 is 146. The second-order valence-corrected chi connectivity index (χ2v) is 26.2. The van der Waals surface area contributed by atoms with Crippen molar-refractivity contribution in [3.63, 3.8) is 0 Å². The maximum absolute atomic E-state index is 7.32. The molecule has 0 nitrogen and oxygen atoms in total. The van der Waals surface area contributed by atoms with E-state index in [2.05, 4.69) is 0 Å². The smallest absolute Gasteiger partial charge is 0.120 e. The van der Waals surface area contributed by atoms with Crippen molar-refractivity contribution in [2.24, 2.45) is 17.8 Å². The summed E-state index contributed by atoms with van der Waals surface area (Å²) in [6, 6.07) is 5.75. The molecule has 0 aliphatic heterocycles. The van der Waals surface area contributed by atoms with Gasteiger partial charge in [-0.2, -0.15) is 0 Å². The molecule has 7 rings (SSSR count). The standard InChI is InChI=1S/C33H21Cl21/c1-7(13-16(34)28(46)22(40)19(37)25(13,43)31(28,49)50)10-4-11(8(2)14-17(35)29(47)23(41)20(38)26(14,44)32(29,51)52)6-12(5-10)9(3)15-18(36)30(48)24(42)21(39)27(15,45)33(30,53)54/h4-9,13-18H,1-3H3. The van der Waals surface area contributed by atoms with Crippen LogP contribution in [-0.4, -0.2) is 58.4 Å². The van der Waals surface area contributed by atoms with Gasteiger partial charge in [-0.05, 0) is 34.4 Å². The highest BCUT2D eigenvalue weighted by molar-refractivity contribution is 6.69. The topological polar surface area (TPSA) is 0 Å². The minimum absolute atomic E-state index is 0.0117. The van der Waals surface area contributed by atoms with Gasteiger partial charge in [0.15, 0.2) is 13.0 Å². The van der Waals surface area contributed by atoms with E-state index in [4.69, 9.17) is 244 Å². The van der Waals surface area contributed by atoms with Crippen LogP contribution in [0, 0.1) is 17.8 Å². The summed E-state index contributed by atoms with van der Waals surface area (Å²) in [5.74, 6) is -4.07. The van der Waals surface area contributed by atoms with E-state index in [-0.39, 0.29) is 30.2 Å². The number of hydrogen-bond donors (Lipinski definition) is 0. The van der Waals surface area contributed by atoms with E-state index in [0.717, 1.165) is 0 Å². The lowest BCUT2D eigenvalue weighted by Crippen LogP contribution is -2.45. The quantitative estimate of drug-likeness (QED) is 0.249. The first-order chi connectivity index (χ1) is 24.3. The minimum Gasteiger partial charge on any atom is -0.120 e. The molecule has 6 aliphatic carbocycles. The second-order valence-electron chi connectivity index (χ2n) is 15.0. The molecule has 15 atom stereocenters. The Morgan fingerprint density at radius 2 is 0.519 bits per heavy atom. The summed E-state index contributed by atoms with van der Waals surface area (Å²) in [6.45, 7) is 5.64. The SMILES string of the molecule is CC(c1cc(C(C)C2C(Cl)C3(Cl)C(Cl)=C(Cl)C2(Cl)C3(Cl)Cl)cc(C(C)C2C(Cl)C3(Cl)C(Cl)=C(Cl)C2(Cl)C3(Cl)Cl)c1)C1C(Cl)C2(Cl)C(Cl)=C(Cl)C1(Cl)C2(Cl)Cl. The third kappa shape index (κ3) is 4.80. The van der Waals surface area contributed by atoms with Crippen molar-refractivity contribution in [2.75, 3.05) is 0 Å². The van der Waals surface area contributed by atoms with Crippen LogP contribution in [0.15, 0.2) is 48.4 Å². The molecule has 0 amide bonds. The molecule has 3 saturated carbocycles. The van der Waals surface area contributed by atoms with Gasteiger partial charge in [0.05, 0.1) is 46.3 Å². The maximum Gasteiger partial charge on any atom is 0.168 e. The number of alkyl halides is 15. The van der Waals surface area contributed by atoms with E-state index in [1.165, 1.54) is 0 Å². The van der Waals surface area contributed by atoms with E-state index in [0.29, 0.717) is 16.7 Å². The number of rotatable bonds is 6. The van der Waals surface area contributed by atoms with E-state index >= 15 is 0 Å². The van der Waals surface area contributed by atoms with E-state index in [1.54, 1.807) is 0 Å². The zero-order valence-corrected chi connectivity index (χ0v) is 42.7. The number of allylic oxidation sites excluding steroid dienone is 6. The molecule has 0 aromatic heterocycles. The third-order valence-electron chi connectivity index (χ3n) is 12.9. The van der Waals surface area contributed by atoms with Gasteiger partial charge in [0, 0.05) is 17.8 Å². The highest BCUT2D eigenvalue weighted by atomic mass is 35.5. The van der Waals surface area contributed by atoms with Crippen molar-refractivity contribution < 1.29 is 0 Å². The number of halogens is 21. The largest absolute Gasteiger partial charge is 0.168 e. The van der Waals surface area contributed by atoms with Gasteiger partial charge in [0.2, 0.25) is 0 Å². The molecule has 0 spiro atoms.